The first-order valence-corrected chi connectivity index (χ1v) is 9.98. The maximum absolute atomic E-state index is 12.4. The Labute approximate surface area is 130 Å². The lowest BCUT2D eigenvalue weighted by Gasteiger charge is -2.22. The van der Waals surface area contributed by atoms with Gasteiger partial charge < -0.3 is 4.90 Å². The van der Waals surface area contributed by atoms with E-state index in [1.807, 2.05) is 25.1 Å². The molecular weight excluding hydrogens is 338 g/mol. The van der Waals surface area contributed by atoms with E-state index >= 15 is 0 Å². The molecule has 0 N–H and O–H groups in total. The third-order valence-corrected chi connectivity index (χ3v) is 6.24. The van der Waals surface area contributed by atoms with Crippen LogP contribution in [-0.4, -0.2) is 32.6 Å². The Morgan fingerprint density at radius 1 is 1.35 bits per heavy atom. The van der Waals surface area contributed by atoms with Crippen molar-refractivity contribution in [2.24, 2.45) is 5.92 Å². The molecule has 1 aliphatic heterocycles. The molecule has 1 aromatic carbocycles. The Morgan fingerprint density at radius 2 is 2.10 bits per heavy atom. The molecule has 0 radical (unpaired) electrons. The second-order valence-corrected chi connectivity index (χ2v) is 8.24. The Hall–Kier alpha value is -0.550. The average Bonchev–Trinajstić information content (AvgIpc) is 2.88. The molecule has 0 bridgehead atoms. The monoisotopic (exact) mass is 359 g/mol. The summed E-state index contributed by atoms with van der Waals surface area (Å²) in [5, 5.41) is 1.02. The molecular formula is C15H22BrNO2S. The van der Waals surface area contributed by atoms with Gasteiger partial charge in [-0.1, -0.05) is 35.0 Å². The number of hydrogen-bond acceptors (Lipinski definition) is 3. The smallest absolute Gasteiger partial charge is 0.180 e. The quantitative estimate of drug-likeness (QED) is 0.729. The van der Waals surface area contributed by atoms with E-state index in [1.165, 1.54) is 0 Å². The van der Waals surface area contributed by atoms with Crippen LogP contribution in [0.15, 0.2) is 29.2 Å². The Kier molecular flexibility index (Phi) is 5.49. The van der Waals surface area contributed by atoms with Crippen molar-refractivity contribution in [1.29, 1.82) is 0 Å². The predicted molar refractivity (Wildman–Crippen MR) is 87.5 cm³/mol. The van der Waals surface area contributed by atoms with Gasteiger partial charge in [-0.3, -0.25) is 0 Å². The number of para-hydroxylation sites is 1. The molecule has 0 spiro atoms. The number of halogens is 1. The largest absolute Gasteiger partial charge is 0.370 e. The predicted octanol–water partition coefficient (Wildman–Crippen LogP) is 3.48. The molecule has 1 saturated heterocycles. The van der Waals surface area contributed by atoms with Gasteiger partial charge in [0, 0.05) is 18.4 Å². The van der Waals surface area contributed by atoms with Crippen LogP contribution in [0.1, 0.15) is 26.2 Å². The first-order chi connectivity index (χ1) is 9.58. The lowest BCUT2D eigenvalue weighted by molar-refractivity contribution is 0.575. The third kappa shape index (κ3) is 3.55. The van der Waals surface area contributed by atoms with E-state index in [9.17, 15) is 8.42 Å². The molecule has 2 rings (SSSR count). The van der Waals surface area contributed by atoms with Crippen molar-refractivity contribution in [3.05, 3.63) is 24.3 Å². The molecule has 20 heavy (non-hydrogen) atoms. The second kappa shape index (κ2) is 6.94. The maximum atomic E-state index is 12.4. The van der Waals surface area contributed by atoms with Crippen LogP contribution >= 0.6 is 15.9 Å². The molecule has 1 aromatic rings. The summed E-state index contributed by atoms with van der Waals surface area (Å²) in [6.07, 6.45) is 2.96. The molecule has 0 aliphatic carbocycles. The van der Waals surface area contributed by atoms with Gasteiger partial charge in [0.25, 0.3) is 0 Å². The van der Waals surface area contributed by atoms with Crippen molar-refractivity contribution in [3.63, 3.8) is 0 Å². The minimum atomic E-state index is -3.16. The Morgan fingerprint density at radius 3 is 2.80 bits per heavy atom. The normalized spacial score (nSPS) is 19.5. The molecule has 112 valence electrons. The summed E-state index contributed by atoms with van der Waals surface area (Å²) in [6, 6.07) is 7.44. The number of hydrogen-bond donors (Lipinski definition) is 0. The lowest BCUT2D eigenvalue weighted by atomic mass is 10.1. The molecule has 1 unspecified atom stereocenters. The number of anilines is 1. The van der Waals surface area contributed by atoms with E-state index < -0.39 is 9.84 Å². The molecule has 0 amide bonds. The van der Waals surface area contributed by atoms with Gasteiger partial charge in [-0.15, -0.1) is 0 Å². The van der Waals surface area contributed by atoms with Gasteiger partial charge in [0.05, 0.1) is 16.3 Å². The summed E-state index contributed by atoms with van der Waals surface area (Å²) in [7, 11) is -3.16. The zero-order valence-corrected chi connectivity index (χ0v) is 14.3. The minimum absolute atomic E-state index is 0.225. The molecule has 1 aliphatic rings. The van der Waals surface area contributed by atoms with Crippen LogP contribution in [0.3, 0.4) is 0 Å². The summed E-state index contributed by atoms with van der Waals surface area (Å²) in [5.41, 5.74) is 0.887. The fraction of sp³-hybridized carbons (Fsp3) is 0.600. The van der Waals surface area contributed by atoms with E-state index in [-0.39, 0.29) is 5.75 Å². The number of benzene rings is 1. The van der Waals surface area contributed by atoms with E-state index in [0.717, 1.165) is 36.9 Å². The van der Waals surface area contributed by atoms with Crippen LogP contribution in [-0.2, 0) is 9.84 Å². The van der Waals surface area contributed by atoms with Gasteiger partial charge in [-0.05, 0) is 37.3 Å². The van der Waals surface area contributed by atoms with Crippen molar-refractivity contribution in [1.82, 2.24) is 0 Å². The first-order valence-electron chi connectivity index (χ1n) is 7.21. The Bertz CT molecular complexity index is 545. The van der Waals surface area contributed by atoms with Gasteiger partial charge in [-0.2, -0.15) is 0 Å². The standard InChI is InChI=1S/C15H22BrNO2S/c1-2-11-20(18,19)15-6-4-3-5-14(15)17-10-8-13(12-17)7-9-16/h3-6,13H,2,7-12H2,1H3. The van der Waals surface area contributed by atoms with E-state index in [4.69, 9.17) is 0 Å². The van der Waals surface area contributed by atoms with Crippen LogP contribution in [0.4, 0.5) is 5.69 Å². The summed E-state index contributed by atoms with van der Waals surface area (Å²) < 4.78 is 24.8. The highest BCUT2D eigenvalue weighted by Gasteiger charge is 2.26. The fourth-order valence-electron chi connectivity index (χ4n) is 2.80. The van der Waals surface area contributed by atoms with E-state index in [2.05, 4.69) is 20.8 Å². The van der Waals surface area contributed by atoms with Gasteiger partial charge in [0.1, 0.15) is 0 Å². The molecule has 1 atom stereocenters. The lowest BCUT2D eigenvalue weighted by Crippen LogP contribution is -2.22. The molecule has 0 aromatic heterocycles. The van der Waals surface area contributed by atoms with Crippen molar-refractivity contribution >= 4 is 31.5 Å². The zero-order chi connectivity index (χ0) is 14.6. The Balaban J connectivity index is 2.25. The highest BCUT2D eigenvalue weighted by atomic mass is 79.9. The summed E-state index contributed by atoms with van der Waals surface area (Å²) in [6.45, 7) is 3.82. The van der Waals surface area contributed by atoms with Gasteiger partial charge >= 0.3 is 0 Å². The third-order valence-electron chi connectivity index (χ3n) is 3.82. The minimum Gasteiger partial charge on any atom is -0.370 e. The second-order valence-electron chi connectivity index (χ2n) is 5.36. The van der Waals surface area contributed by atoms with Crippen LogP contribution in [0, 0.1) is 5.92 Å². The molecule has 1 fully saturated rings. The topological polar surface area (TPSA) is 37.4 Å². The number of alkyl halides is 1. The van der Waals surface area contributed by atoms with Crippen LogP contribution in [0.25, 0.3) is 0 Å². The molecule has 1 heterocycles. The van der Waals surface area contributed by atoms with Crippen LogP contribution in [0.2, 0.25) is 0 Å². The molecule has 0 saturated carbocycles. The van der Waals surface area contributed by atoms with E-state index in [1.54, 1.807) is 6.07 Å². The molecule has 5 heteroatoms. The van der Waals surface area contributed by atoms with Crippen molar-refractivity contribution in [2.75, 3.05) is 29.1 Å². The zero-order valence-electron chi connectivity index (χ0n) is 11.9. The SMILES string of the molecule is CCCS(=O)(=O)c1ccccc1N1CCC(CCBr)C1. The molecule has 3 nitrogen and oxygen atoms in total. The number of sulfone groups is 1. The van der Waals surface area contributed by atoms with E-state index in [0.29, 0.717) is 17.2 Å². The van der Waals surface area contributed by atoms with Crippen molar-refractivity contribution in [3.8, 4) is 0 Å². The highest BCUT2D eigenvalue weighted by molar-refractivity contribution is 9.09. The van der Waals surface area contributed by atoms with Gasteiger partial charge in [0.2, 0.25) is 0 Å². The fourth-order valence-corrected chi connectivity index (χ4v) is 5.01. The highest BCUT2D eigenvalue weighted by Crippen LogP contribution is 2.31. The number of nitrogens with zero attached hydrogens (tertiary/aromatic N) is 1. The summed E-state index contributed by atoms with van der Waals surface area (Å²) in [4.78, 5) is 2.73. The summed E-state index contributed by atoms with van der Waals surface area (Å²) in [5.74, 6) is 0.888. The van der Waals surface area contributed by atoms with Crippen LogP contribution in [0.5, 0.6) is 0 Å². The maximum Gasteiger partial charge on any atom is 0.180 e. The van der Waals surface area contributed by atoms with Gasteiger partial charge in [0.15, 0.2) is 9.84 Å². The summed E-state index contributed by atoms with van der Waals surface area (Å²) >= 11 is 3.49. The van der Waals surface area contributed by atoms with Crippen molar-refractivity contribution in [2.45, 2.75) is 31.1 Å². The number of rotatable bonds is 6. The first kappa shape index (κ1) is 15.8. The average molecular weight is 360 g/mol. The van der Waals surface area contributed by atoms with Crippen molar-refractivity contribution < 1.29 is 8.42 Å². The van der Waals surface area contributed by atoms with Gasteiger partial charge in [-0.25, -0.2) is 8.42 Å². The van der Waals surface area contributed by atoms with Crippen LogP contribution < -0.4 is 4.90 Å².